The van der Waals surface area contributed by atoms with Gasteiger partial charge in [-0.05, 0) is 40.9 Å². The number of aromatic hydroxyl groups is 1. The van der Waals surface area contributed by atoms with E-state index in [1.165, 1.54) is 7.11 Å². The van der Waals surface area contributed by atoms with E-state index in [0.717, 1.165) is 23.1 Å². The minimum atomic E-state index is -0.203. The monoisotopic (exact) mass is 292 g/mol. The van der Waals surface area contributed by atoms with Crippen LogP contribution in [0.4, 0.5) is 0 Å². The summed E-state index contributed by atoms with van der Waals surface area (Å²) < 4.78 is 4.70. The first-order chi connectivity index (χ1) is 9.65. The molecule has 0 fully saturated rings. The lowest BCUT2D eigenvalue weighted by Crippen LogP contribution is -2.14. The number of benzene rings is 1. The molecule has 0 unspecified atom stereocenters. The smallest absolute Gasteiger partial charge is 0.305 e. The quantitative estimate of drug-likeness (QED) is 0.835. The molecule has 0 atom stereocenters. The maximum Gasteiger partial charge on any atom is 0.305 e. The van der Waals surface area contributed by atoms with E-state index in [4.69, 9.17) is 4.74 Å². The van der Waals surface area contributed by atoms with E-state index >= 15 is 0 Å². The number of esters is 1. The highest BCUT2D eigenvalue weighted by atomic mass is 16.5. The third-order valence-corrected chi connectivity index (χ3v) is 3.53. The standard InChI is InChI=1S/C18H28O3/c1-12(2)9-14-10-13(7-8-16(19)21-6)11-15(17(14)20)18(3,4)5/h10-12,20H,7-9H2,1-6H3. The van der Waals surface area contributed by atoms with E-state index < -0.39 is 0 Å². The summed E-state index contributed by atoms with van der Waals surface area (Å²) in [5, 5.41) is 10.5. The summed E-state index contributed by atoms with van der Waals surface area (Å²) in [5.41, 5.74) is 2.87. The van der Waals surface area contributed by atoms with Gasteiger partial charge < -0.3 is 9.84 Å². The van der Waals surface area contributed by atoms with E-state index in [0.29, 0.717) is 24.5 Å². The molecule has 0 radical (unpaired) electrons. The maximum atomic E-state index is 11.3. The molecule has 0 saturated heterocycles. The average Bonchev–Trinajstić information content (AvgIpc) is 2.37. The summed E-state index contributed by atoms with van der Waals surface area (Å²) in [6, 6.07) is 4.04. The summed E-state index contributed by atoms with van der Waals surface area (Å²) in [6.45, 7) is 10.5. The minimum absolute atomic E-state index is 0.128. The number of ether oxygens (including phenoxy) is 1. The molecular weight excluding hydrogens is 264 g/mol. The third-order valence-electron chi connectivity index (χ3n) is 3.53. The number of aryl methyl sites for hydroxylation is 1. The lowest BCUT2D eigenvalue weighted by atomic mass is 9.82. The van der Waals surface area contributed by atoms with Gasteiger partial charge in [0.25, 0.3) is 0 Å². The molecule has 0 aliphatic carbocycles. The fourth-order valence-corrected chi connectivity index (χ4v) is 2.42. The van der Waals surface area contributed by atoms with Crippen LogP contribution in [0, 0.1) is 5.92 Å². The Balaban J connectivity index is 3.16. The fourth-order valence-electron chi connectivity index (χ4n) is 2.42. The highest BCUT2D eigenvalue weighted by molar-refractivity contribution is 5.69. The Morgan fingerprint density at radius 1 is 1.29 bits per heavy atom. The lowest BCUT2D eigenvalue weighted by Gasteiger charge is -2.24. The first kappa shape index (κ1) is 17.5. The molecule has 0 heterocycles. The molecule has 0 aliphatic rings. The Labute approximate surface area is 128 Å². The van der Waals surface area contributed by atoms with Crippen molar-refractivity contribution in [3.8, 4) is 5.75 Å². The van der Waals surface area contributed by atoms with E-state index in [1.807, 2.05) is 12.1 Å². The van der Waals surface area contributed by atoms with Crippen molar-refractivity contribution in [2.75, 3.05) is 7.11 Å². The summed E-state index contributed by atoms with van der Waals surface area (Å²) >= 11 is 0. The van der Waals surface area contributed by atoms with Crippen LogP contribution in [-0.4, -0.2) is 18.2 Å². The second kappa shape index (κ2) is 6.97. The minimum Gasteiger partial charge on any atom is -0.507 e. The SMILES string of the molecule is COC(=O)CCc1cc(CC(C)C)c(O)c(C(C)(C)C)c1. The lowest BCUT2D eigenvalue weighted by molar-refractivity contribution is -0.140. The number of phenols is 1. The predicted octanol–water partition coefficient (Wildman–Crippen LogP) is 3.99. The molecule has 0 aliphatic heterocycles. The van der Waals surface area contributed by atoms with Crippen LogP contribution in [0.1, 0.15) is 57.7 Å². The summed E-state index contributed by atoms with van der Waals surface area (Å²) in [7, 11) is 1.41. The normalized spacial score (nSPS) is 11.8. The van der Waals surface area contributed by atoms with Gasteiger partial charge in [-0.2, -0.15) is 0 Å². The van der Waals surface area contributed by atoms with Crippen molar-refractivity contribution >= 4 is 5.97 Å². The van der Waals surface area contributed by atoms with Crippen LogP contribution in [0.2, 0.25) is 0 Å². The first-order valence-corrected chi connectivity index (χ1v) is 7.57. The Kier molecular flexibility index (Phi) is 5.82. The molecule has 3 heteroatoms. The molecule has 3 nitrogen and oxygen atoms in total. The molecule has 118 valence electrons. The van der Waals surface area contributed by atoms with Gasteiger partial charge in [0.05, 0.1) is 7.11 Å². The van der Waals surface area contributed by atoms with Crippen LogP contribution in [-0.2, 0) is 27.8 Å². The van der Waals surface area contributed by atoms with E-state index in [2.05, 4.69) is 34.6 Å². The van der Waals surface area contributed by atoms with Crippen molar-refractivity contribution in [1.82, 2.24) is 0 Å². The summed E-state index contributed by atoms with van der Waals surface area (Å²) in [5.74, 6) is 0.670. The maximum absolute atomic E-state index is 11.3. The van der Waals surface area contributed by atoms with Crippen molar-refractivity contribution < 1.29 is 14.6 Å². The van der Waals surface area contributed by atoms with Crippen LogP contribution >= 0.6 is 0 Å². The van der Waals surface area contributed by atoms with Crippen LogP contribution in [0.5, 0.6) is 5.75 Å². The number of hydrogen-bond acceptors (Lipinski definition) is 3. The van der Waals surface area contributed by atoms with E-state index in [-0.39, 0.29) is 11.4 Å². The molecule has 0 amide bonds. The zero-order valence-corrected chi connectivity index (χ0v) is 14.1. The summed E-state index contributed by atoms with van der Waals surface area (Å²) in [4.78, 5) is 11.3. The fraction of sp³-hybridized carbons (Fsp3) is 0.611. The highest BCUT2D eigenvalue weighted by Crippen LogP contribution is 2.35. The molecule has 1 rings (SSSR count). The molecule has 0 aromatic heterocycles. The Morgan fingerprint density at radius 2 is 1.90 bits per heavy atom. The molecule has 0 saturated carbocycles. The van der Waals surface area contributed by atoms with Gasteiger partial charge in [-0.25, -0.2) is 0 Å². The second-order valence-corrected chi connectivity index (χ2v) is 7.08. The number of carbonyl (C=O) groups excluding carboxylic acids is 1. The topological polar surface area (TPSA) is 46.5 Å². The summed E-state index contributed by atoms with van der Waals surface area (Å²) in [6.07, 6.45) is 1.84. The van der Waals surface area contributed by atoms with Gasteiger partial charge in [0.1, 0.15) is 5.75 Å². The van der Waals surface area contributed by atoms with Crippen molar-refractivity contribution in [1.29, 1.82) is 0 Å². The van der Waals surface area contributed by atoms with Crippen molar-refractivity contribution in [2.24, 2.45) is 5.92 Å². The van der Waals surface area contributed by atoms with Crippen LogP contribution in [0.25, 0.3) is 0 Å². The number of carbonyl (C=O) groups is 1. The predicted molar refractivity (Wildman–Crippen MR) is 85.7 cm³/mol. The molecule has 0 spiro atoms. The van der Waals surface area contributed by atoms with Gasteiger partial charge in [-0.3, -0.25) is 4.79 Å². The Hall–Kier alpha value is -1.51. The van der Waals surface area contributed by atoms with Crippen LogP contribution in [0.15, 0.2) is 12.1 Å². The van der Waals surface area contributed by atoms with Gasteiger partial charge in [0.15, 0.2) is 0 Å². The molecule has 1 N–H and O–H groups in total. The Morgan fingerprint density at radius 3 is 2.38 bits per heavy atom. The van der Waals surface area contributed by atoms with Gasteiger partial charge in [0, 0.05) is 6.42 Å². The van der Waals surface area contributed by atoms with Gasteiger partial charge in [-0.15, -0.1) is 0 Å². The van der Waals surface area contributed by atoms with Crippen molar-refractivity contribution in [2.45, 2.75) is 59.3 Å². The molecule has 21 heavy (non-hydrogen) atoms. The molecular formula is C18H28O3. The third kappa shape index (κ3) is 5.07. The van der Waals surface area contributed by atoms with Crippen molar-refractivity contribution in [3.05, 3.63) is 28.8 Å². The highest BCUT2D eigenvalue weighted by Gasteiger charge is 2.21. The molecule has 0 bridgehead atoms. The first-order valence-electron chi connectivity index (χ1n) is 7.57. The van der Waals surface area contributed by atoms with E-state index in [1.54, 1.807) is 0 Å². The zero-order valence-electron chi connectivity index (χ0n) is 14.1. The van der Waals surface area contributed by atoms with Crippen molar-refractivity contribution in [3.63, 3.8) is 0 Å². The number of rotatable bonds is 5. The average molecular weight is 292 g/mol. The molecule has 1 aromatic rings. The van der Waals surface area contributed by atoms with Crippen LogP contribution < -0.4 is 0 Å². The van der Waals surface area contributed by atoms with Gasteiger partial charge in [-0.1, -0.05) is 46.8 Å². The molecule has 1 aromatic carbocycles. The second-order valence-electron chi connectivity index (χ2n) is 7.08. The van der Waals surface area contributed by atoms with Gasteiger partial charge in [0.2, 0.25) is 0 Å². The Bertz CT molecular complexity index is 496. The zero-order chi connectivity index (χ0) is 16.2. The number of methoxy groups -OCH3 is 1. The van der Waals surface area contributed by atoms with Crippen LogP contribution in [0.3, 0.4) is 0 Å². The van der Waals surface area contributed by atoms with E-state index in [9.17, 15) is 9.90 Å². The van der Waals surface area contributed by atoms with Gasteiger partial charge >= 0.3 is 5.97 Å². The largest absolute Gasteiger partial charge is 0.507 e. The number of phenolic OH excluding ortho intramolecular Hbond substituents is 1. The number of hydrogen-bond donors (Lipinski definition) is 1.